The number of rotatable bonds is 3. The Morgan fingerprint density at radius 1 is 1.12 bits per heavy atom. The zero-order valence-corrected chi connectivity index (χ0v) is 14.2. The van der Waals surface area contributed by atoms with Crippen molar-refractivity contribution in [3.63, 3.8) is 0 Å². The van der Waals surface area contributed by atoms with Gasteiger partial charge in [-0.3, -0.25) is 4.79 Å². The Morgan fingerprint density at radius 3 is 2.38 bits per heavy atom. The highest BCUT2D eigenvalue weighted by Gasteiger charge is 2.57. The molecule has 1 saturated heterocycles. The number of urea groups is 1. The predicted molar refractivity (Wildman–Crippen MR) is 91.1 cm³/mol. The highest BCUT2D eigenvalue weighted by Crippen LogP contribution is 2.39. The van der Waals surface area contributed by atoms with Crippen LogP contribution in [0, 0.1) is 6.07 Å². The van der Waals surface area contributed by atoms with Crippen LogP contribution >= 0.6 is 23.2 Å². The lowest BCUT2D eigenvalue weighted by Gasteiger charge is -2.31. The first kappa shape index (κ1) is 16.8. The summed E-state index contributed by atoms with van der Waals surface area (Å²) in [6, 6.07) is 13.3. The van der Waals surface area contributed by atoms with Gasteiger partial charge in [-0.15, -0.1) is 0 Å². The normalized spacial score (nSPS) is 20.8. The summed E-state index contributed by atoms with van der Waals surface area (Å²) in [6.45, 7) is -0.546. The molecule has 3 amide bonds. The van der Waals surface area contributed by atoms with E-state index in [4.69, 9.17) is 23.2 Å². The molecule has 1 aliphatic rings. The second kappa shape index (κ2) is 6.09. The van der Waals surface area contributed by atoms with Gasteiger partial charge in [-0.25, -0.2) is 9.69 Å². The standard InChI is InChI=1S/C17H13Cl2N2O3/c1-20-16(24)21(12-7-8-13(18)14(19)9-12)15(23)17(20,10-22)11-5-3-2-4-6-11/h3-9,22H,10H2,1H3. The summed E-state index contributed by atoms with van der Waals surface area (Å²) in [7, 11) is 1.48. The minimum absolute atomic E-state index is 0.230. The quantitative estimate of drug-likeness (QED) is 0.852. The van der Waals surface area contributed by atoms with E-state index in [1.165, 1.54) is 30.1 Å². The Labute approximate surface area is 149 Å². The fourth-order valence-electron chi connectivity index (χ4n) is 2.83. The maximum Gasteiger partial charge on any atom is 0.332 e. The average Bonchev–Trinajstić information content (AvgIpc) is 2.78. The van der Waals surface area contributed by atoms with Crippen molar-refractivity contribution in [1.29, 1.82) is 0 Å². The first-order valence-corrected chi connectivity index (χ1v) is 7.84. The van der Waals surface area contributed by atoms with Crippen molar-refractivity contribution in [2.75, 3.05) is 18.6 Å². The first-order valence-electron chi connectivity index (χ1n) is 7.08. The highest BCUT2D eigenvalue weighted by atomic mass is 35.5. The van der Waals surface area contributed by atoms with E-state index < -0.39 is 24.1 Å². The molecule has 0 spiro atoms. The van der Waals surface area contributed by atoms with Crippen LogP contribution in [0.25, 0.3) is 0 Å². The van der Waals surface area contributed by atoms with Gasteiger partial charge in [0.05, 0.1) is 22.3 Å². The Bertz CT molecular complexity index is 813. The zero-order valence-electron chi connectivity index (χ0n) is 12.7. The number of carbonyl (C=O) groups excluding carboxylic acids is 2. The molecular formula is C17H13Cl2N2O3. The predicted octanol–water partition coefficient (Wildman–Crippen LogP) is 3.08. The van der Waals surface area contributed by atoms with Crippen molar-refractivity contribution >= 4 is 40.8 Å². The fourth-order valence-corrected chi connectivity index (χ4v) is 3.12. The van der Waals surface area contributed by atoms with Gasteiger partial charge >= 0.3 is 6.03 Å². The maximum absolute atomic E-state index is 13.1. The SMILES string of the molecule is CN1C(=O)N(c2ccc(Cl)c(Cl)c2)C(=O)C1(CO)c1cc[c]cc1. The maximum atomic E-state index is 13.1. The number of aliphatic hydroxyl groups excluding tert-OH is 1. The molecule has 24 heavy (non-hydrogen) atoms. The van der Waals surface area contributed by atoms with E-state index >= 15 is 0 Å². The lowest BCUT2D eigenvalue weighted by Crippen LogP contribution is -2.48. The van der Waals surface area contributed by atoms with Crippen LogP contribution in [0.1, 0.15) is 5.56 Å². The van der Waals surface area contributed by atoms with Crippen molar-refractivity contribution < 1.29 is 14.7 Å². The minimum Gasteiger partial charge on any atom is -0.393 e. The molecule has 3 rings (SSSR count). The second-order valence-corrected chi connectivity index (χ2v) is 6.20. The summed E-state index contributed by atoms with van der Waals surface area (Å²) >= 11 is 11.9. The summed E-state index contributed by atoms with van der Waals surface area (Å²) < 4.78 is 0. The molecule has 0 bridgehead atoms. The lowest BCUT2D eigenvalue weighted by molar-refractivity contribution is -0.127. The topological polar surface area (TPSA) is 60.9 Å². The third-order valence-corrected chi connectivity index (χ3v) is 4.93. The number of benzene rings is 2. The van der Waals surface area contributed by atoms with Gasteiger partial charge < -0.3 is 10.0 Å². The second-order valence-electron chi connectivity index (χ2n) is 5.39. The van der Waals surface area contributed by atoms with Gasteiger partial charge in [0, 0.05) is 7.05 Å². The molecule has 2 aromatic carbocycles. The van der Waals surface area contributed by atoms with Crippen LogP contribution in [-0.4, -0.2) is 35.6 Å². The highest BCUT2D eigenvalue weighted by molar-refractivity contribution is 6.42. The van der Waals surface area contributed by atoms with Crippen molar-refractivity contribution in [1.82, 2.24) is 4.90 Å². The Balaban J connectivity index is 2.14. The van der Waals surface area contributed by atoms with E-state index in [0.717, 1.165) is 4.90 Å². The van der Waals surface area contributed by atoms with Gasteiger partial charge in [0.15, 0.2) is 5.54 Å². The smallest absolute Gasteiger partial charge is 0.332 e. The number of nitrogens with zero attached hydrogens (tertiary/aromatic N) is 2. The van der Waals surface area contributed by atoms with Crippen LogP contribution in [0.3, 0.4) is 0 Å². The molecule has 1 heterocycles. The third kappa shape index (κ3) is 2.28. The van der Waals surface area contributed by atoms with Gasteiger partial charge in [0.2, 0.25) is 0 Å². The van der Waals surface area contributed by atoms with Crippen molar-refractivity contribution in [3.05, 3.63) is 64.1 Å². The van der Waals surface area contributed by atoms with Crippen LogP contribution in [0.15, 0.2) is 42.5 Å². The summed E-state index contributed by atoms with van der Waals surface area (Å²) in [5.41, 5.74) is -0.686. The van der Waals surface area contributed by atoms with Crippen LogP contribution in [0.4, 0.5) is 10.5 Å². The van der Waals surface area contributed by atoms with Gasteiger partial charge in [-0.05, 0) is 29.8 Å². The van der Waals surface area contributed by atoms with Gasteiger partial charge in [0.1, 0.15) is 0 Å². The van der Waals surface area contributed by atoms with E-state index in [-0.39, 0.29) is 5.02 Å². The fraction of sp³-hybridized carbons (Fsp3) is 0.176. The van der Waals surface area contributed by atoms with E-state index in [1.54, 1.807) is 24.3 Å². The largest absolute Gasteiger partial charge is 0.393 e. The lowest BCUT2D eigenvalue weighted by atomic mass is 9.89. The van der Waals surface area contributed by atoms with Crippen LogP contribution in [-0.2, 0) is 10.3 Å². The number of hydrogen-bond donors (Lipinski definition) is 1. The van der Waals surface area contributed by atoms with Crippen molar-refractivity contribution in [2.45, 2.75) is 5.54 Å². The average molecular weight is 364 g/mol. The molecule has 1 N–H and O–H groups in total. The summed E-state index contributed by atoms with van der Waals surface area (Å²) in [5.74, 6) is -0.554. The zero-order chi connectivity index (χ0) is 17.5. The van der Waals surface area contributed by atoms with E-state index in [2.05, 4.69) is 6.07 Å². The molecule has 5 nitrogen and oxygen atoms in total. The van der Waals surface area contributed by atoms with Crippen LogP contribution in [0.2, 0.25) is 10.0 Å². The van der Waals surface area contributed by atoms with Gasteiger partial charge in [-0.1, -0.05) is 47.5 Å². The van der Waals surface area contributed by atoms with Crippen LogP contribution < -0.4 is 4.90 Å². The molecule has 1 radical (unpaired) electrons. The van der Waals surface area contributed by atoms with Crippen LogP contribution in [0.5, 0.6) is 0 Å². The van der Waals surface area contributed by atoms with Gasteiger partial charge in [-0.2, -0.15) is 0 Å². The number of likely N-dealkylation sites (N-methyl/N-ethyl adjacent to an activating group) is 1. The molecule has 1 aliphatic heterocycles. The number of amides is 3. The monoisotopic (exact) mass is 363 g/mol. The summed E-state index contributed by atoms with van der Waals surface area (Å²) in [5, 5.41) is 10.5. The van der Waals surface area contributed by atoms with E-state index in [9.17, 15) is 14.7 Å². The molecule has 0 aromatic heterocycles. The third-order valence-electron chi connectivity index (χ3n) is 4.19. The molecular weight excluding hydrogens is 351 g/mol. The first-order chi connectivity index (χ1) is 11.4. The Hall–Kier alpha value is -2.08. The number of anilines is 1. The summed E-state index contributed by atoms with van der Waals surface area (Å²) in [6.07, 6.45) is 0. The van der Waals surface area contributed by atoms with E-state index in [0.29, 0.717) is 16.3 Å². The van der Waals surface area contributed by atoms with E-state index in [1.807, 2.05) is 0 Å². The molecule has 0 aliphatic carbocycles. The molecule has 0 saturated carbocycles. The van der Waals surface area contributed by atoms with Crippen molar-refractivity contribution in [2.24, 2.45) is 0 Å². The number of imide groups is 1. The van der Waals surface area contributed by atoms with Crippen molar-refractivity contribution in [3.8, 4) is 0 Å². The molecule has 7 heteroatoms. The molecule has 123 valence electrons. The molecule has 1 atom stereocenters. The Morgan fingerprint density at radius 2 is 1.79 bits per heavy atom. The molecule has 1 unspecified atom stereocenters. The summed E-state index contributed by atoms with van der Waals surface area (Å²) in [4.78, 5) is 28.0. The Kier molecular flexibility index (Phi) is 4.25. The number of halogens is 2. The van der Waals surface area contributed by atoms with Gasteiger partial charge in [0.25, 0.3) is 5.91 Å². The molecule has 2 aromatic rings. The number of aliphatic hydroxyl groups is 1. The number of hydrogen-bond acceptors (Lipinski definition) is 3. The minimum atomic E-state index is -1.49. The molecule has 1 fully saturated rings. The number of carbonyl (C=O) groups is 2.